The van der Waals surface area contributed by atoms with Crippen LogP contribution in [-0.4, -0.2) is 29.2 Å². The first kappa shape index (κ1) is 17.6. The second kappa shape index (κ2) is 8.78. The molecule has 1 aromatic heterocycles. The molecule has 130 valence electrons. The number of aromatic nitrogens is 2. The van der Waals surface area contributed by atoms with Crippen LogP contribution in [0.3, 0.4) is 0 Å². The van der Waals surface area contributed by atoms with E-state index in [9.17, 15) is 0 Å². The third-order valence-corrected chi connectivity index (χ3v) is 4.32. The van der Waals surface area contributed by atoms with Gasteiger partial charge in [0.05, 0.1) is 23.8 Å². The highest BCUT2D eigenvalue weighted by molar-refractivity contribution is 7.99. The van der Waals surface area contributed by atoms with Gasteiger partial charge in [-0.1, -0.05) is 47.6 Å². The van der Waals surface area contributed by atoms with Gasteiger partial charge in [0, 0.05) is 5.75 Å². The summed E-state index contributed by atoms with van der Waals surface area (Å²) in [6.07, 6.45) is 0. The van der Waals surface area contributed by atoms with Gasteiger partial charge in [-0.2, -0.15) is 0 Å². The lowest BCUT2D eigenvalue weighted by molar-refractivity contribution is 0.339. The van der Waals surface area contributed by atoms with Crippen molar-refractivity contribution in [3.8, 4) is 23.0 Å². The van der Waals surface area contributed by atoms with E-state index in [0.717, 1.165) is 11.3 Å². The number of para-hydroxylation sites is 2. The smallest absolute Gasteiger partial charge is 0.276 e. The SMILES string of the molecule is CCOc1ccccc1-c1nnc(SCCOc2ccccc2Cl)o1. The van der Waals surface area contributed by atoms with Gasteiger partial charge in [0.15, 0.2) is 0 Å². The van der Waals surface area contributed by atoms with E-state index in [1.165, 1.54) is 11.8 Å². The minimum absolute atomic E-state index is 0.443. The number of ether oxygens (including phenoxy) is 2. The Kier molecular flexibility index (Phi) is 6.19. The van der Waals surface area contributed by atoms with Crippen LogP contribution in [0.5, 0.6) is 11.5 Å². The maximum Gasteiger partial charge on any atom is 0.276 e. The molecule has 1 heterocycles. The molecule has 2 aromatic carbocycles. The summed E-state index contributed by atoms with van der Waals surface area (Å²) in [5, 5.41) is 9.25. The van der Waals surface area contributed by atoms with Crippen molar-refractivity contribution in [2.24, 2.45) is 0 Å². The first-order chi connectivity index (χ1) is 12.3. The number of thioether (sulfide) groups is 1. The third kappa shape index (κ3) is 4.67. The van der Waals surface area contributed by atoms with Gasteiger partial charge < -0.3 is 13.9 Å². The van der Waals surface area contributed by atoms with Crippen LogP contribution in [0.25, 0.3) is 11.5 Å². The lowest BCUT2D eigenvalue weighted by Crippen LogP contribution is -2.00. The molecule has 25 heavy (non-hydrogen) atoms. The van der Waals surface area contributed by atoms with E-state index in [0.29, 0.717) is 40.9 Å². The van der Waals surface area contributed by atoms with E-state index in [2.05, 4.69) is 10.2 Å². The van der Waals surface area contributed by atoms with Crippen molar-refractivity contribution in [2.45, 2.75) is 12.1 Å². The first-order valence-corrected chi connectivity index (χ1v) is 9.20. The predicted octanol–water partition coefficient (Wildman–Crippen LogP) is 4.96. The highest BCUT2D eigenvalue weighted by atomic mass is 35.5. The summed E-state index contributed by atoms with van der Waals surface area (Å²) < 4.78 is 16.9. The number of nitrogens with zero attached hydrogens (tertiary/aromatic N) is 2. The molecule has 0 radical (unpaired) electrons. The van der Waals surface area contributed by atoms with Crippen LogP contribution in [0.4, 0.5) is 0 Å². The number of benzene rings is 2. The van der Waals surface area contributed by atoms with E-state index in [1.54, 1.807) is 6.07 Å². The van der Waals surface area contributed by atoms with Crippen LogP contribution < -0.4 is 9.47 Å². The molecule has 0 fully saturated rings. The second-order valence-electron chi connectivity index (χ2n) is 4.93. The molecule has 7 heteroatoms. The summed E-state index contributed by atoms with van der Waals surface area (Å²) in [5.74, 6) is 2.51. The number of rotatable bonds is 8. The average molecular weight is 377 g/mol. The van der Waals surface area contributed by atoms with Gasteiger partial charge in [-0.25, -0.2) is 0 Å². The van der Waals surface area contributed by atoms with Crippen LogP contribution in [0.15, 0.2) is 58.2 Å². The highest BCUT2D eigenvalue weighted by Gasteiger charge is 2.13. The average Bonchev–Trinajstić information content (AvgIpc) is 3.10. The molecule has 0 spiro atoms. The Morgan fingerprint density at radius 1 is 1.00 bits per heavy atom. The van der Waals surface area contributed by atoms with E-state index in [4.69, 9.17) is 25.5 Å². The van der Waals surface area contributed by atoms with Crippen LogP contribution in [0.2, 0.25) is 5.02 Å². The zero-order valence-electron chi connectivity index (χ0n) is 13.6. The largest absolute Gasteiger partial charge is 0.493 e. The Balaban J connectivity index is 1.56. The second-order valence-corrected chi connectivity index (χ2v) is 6.38. The standard InChI is InChI=1S/C18H17ClN2O3S/c1-2-22-15-9-5-3-7-13(15)17-20-21-18(24-17)25-12-11-23-16-10-6-4-8-14(16)19/h3-10H,2,11-12H2,1H3. The number of halogens is 1. The zero-order chi connectivity index (χ0) is 17.5. The molecule has 0 aliphatic rings. The molecule has 3 rings (SSSR count). The van der Waals surface area contributed by atoms with Crippen molar-refractivity contribution < 1.29 is 13.9 Å². The molecule has 0 unspecified atom stereocenters. The van der Waals surface area contributed by atoms with E-state index >= 15 is 0 Å². The molecule has 0 bridgehead atoms. The van der Waals surface area contributed by atoms with Crippen LogP contribution in [0.1, 0.15) is 6.92 Å². The van der Waals surface area contributed by atoms with Gasteiger partial charge in [-0.05, 0) is 31.2 Å². The summed E-state index contributed by atoms with van der Waals surface area (Å²) in [6.45, 7) is 3.00. The quantitative estimate of drug-likeness (QED) is 0.409. The lowest BCUT2D eigenvalue weighted by atomic mass is 10.2. The van der Waals surface area contributed by atoms with Crippen LogP contribution >= 0.6 is 23.4 Å². The van der Waals surface area contributed by atoms with Gasteiger partial charge in [-0.15, -0.1) is 10.2 Å². The fourth-order valence-electron chi connectivity index (χ4n) is 2.14. The zero-order valence-corrected chi connectivity index (χ0v) is 15.2. The molecular formula is C18H17ClN2O3S. The van der Waals surface area contributed by atoms with Crippen molar-refractivity contribution >= 4 is 23.4 Å². The monoisotopic (exact) mass is 376 g/mol. The van der Waals surface area contributed by atoms with E-state index < -0.39 is 0 Å². The number of hydrogen-bond donors (Lipinski definition) is 0. The summed E-state index contributed by atoms with van der Waals surface area (Å²) >= 11 is 7.48. The van der Waals surface area contributed by atoms with Crippen molar-refractivity contribution in [1.29, 1.82) is 0 Å². The molecule has 0 amide bonds. The summed E-state index contributed by atoms with van der Waals surface area (Å²) in [5.41, 5.74) is 0.788. The predicted molar refractivity (Wildman–Crippen MR) is 98.6 cm³/mol. The highest BCUT2D eigenvalue weighted by Crippen LogP contribution is 2.30. The van der Waals surface area contributed by atoms with Gasteiger partial charge in [0.1, 0.15) is 11.5 Å². The number of hydrogen-bond acceptors (Lipinski definition) is 6. The Morgan fingerprint density at radius 2 is 1.76 bits per heavy atom. The first-order valence-electron chi connectivity index (χ1n) is 7.83. The molecular weight excluding hydrogens is 360 g/mol. The van der Waals surface area contributed by atoms with Gasteiger partial charge >= 0.3 is 0 Å². The molecule has 0 aliphatic heterocycles. The van der Waals surface area contributed by atoms with Crippen molar-refractivity contribution in [3.63, 3.8) is 0 Å². The van der Waals surface area contributed by atoms with Crippen molar-refractivity contribution in [1.82, 2.24) is 10.2 Å². The molecule has 0 aliphatic carbocycles. The van der Waals surface area contributed by atoms with E-state index in [-0.39, 0.29) is 0 Å². The maximum atomic E-state index is 6.05. The van der Waals surface area contributed by atoms with Gasteiger partial charge in [0.25, 0.3) is 11.1 Å². The fourth-order valence-corrected chi connectivity index (χ4v) is 2.91. The summed E-state index contributed by atoms with van der Waals surface area (Å²) in [6, 6.07) is 15.0. The molecule has 0 atom stereocenters. The van der Waals surface area contributed by atoms with Crippen molar-refractivity contribution in [2.75, 3.05) is 19.0 Å². The molecule has 3 aromatic rings. The minimum Gasteiger partial charge on any atom is -0.493 e. The molecule has 0 saturated heterocycles. The Labute approximate surface area is 155 Å². The summed E-state index contributed by atoms with van der Waals surface area (Å²) in [4.78, 5) is 0. The Hall–Kier alpha value is -2.18. The van der Waals surface area contributed by atoms with E-state index in [1.807, 2.05) is 49.4 Å². The topological polar surface area (TPSA) is 57.4 Å². The molecule has 0 N–H and O–H groups in total. The molecule has 5 nitrogen and oxygen atoms in total. The Morgan fingerprint density at radius 3 is 2.56 bits per heavy atom. The van der Waals surface area contributed by atoms with Crippen LogP contribution in [-0.2, 0) is 0 Å². The fraction of sp³-hybridized carbons (Fsp3) is 0.222. The normalized spacial score (nSPS) is 10.6. The minimum atomic E-state index is 0.443. The van der Waals surface area contributed by atoms with Crippen molar-refractivity contribution in [3.05, 3.63) is 53.6 Å². The maximum absolute atomic E-state index is 6.05. The lowest BCUT2D eigenvalue weighted by Gasteiger charge is -2.06. The molecule has 0 saturated carbocycles. The van der Waals surface area contributed by atoms with Gasteiger partial charge in [-0.3, -0.25) is 0 Å². The van der Waals surface area contributed by atoms with Gasteiger partial charge in [0.2, 0.25) is 0 Å². The summed E-state index contributed by atoms with van der Waals surface area (Å²) in [7, 11) is 0. The Bertz CT molecular complexity index is 825. The third-order valence-electron chi connectivity index (χ3n) is 3.23. The van der Waals surface area contributed by atoms with Crippen LogP contribution in [0, 0.1) is 0 Å².